The lowest BCUT2D eigenvalue weighted by atomic mass is 10.0. The molecule has 0 spiro atoms. The molecule has 0 aromatic heterocycles. The number of nitrogens with one attached hydrogen (secondary N) is 1. The highest BCUT2D eigenvalue weighted by molar-refractivity contribution is 5.88. The standard InChI is InChI=1S/C22H23NO2/c1-16-10-11-17(2)19(14-16)15-22(24)23-12-13-25-21-9-5-7-18-6-3-4-8-20(18)21/h3-11,14H,12-13,15H2,1-2H3,(H,23,24). The minimum absolute atomic E-state index is 0.0234. The third-order valence-corrected chi connectivity index (χ3v) is 4.29. The summed E-state index contributed by atoms with van der Waals surface area (Å²) in [6.07, 6.45) is 0.405. The van der Waals surface area contributed by atoms with Crippen LogP contribution < -0.4 is 10.1 Å². The lowest BCUT2D eigenvalue weighted by Gasteiger charge is -2.11. The molecule has 0 saturated heterocycles. The average molecular weight is 333 g/mol. The second kappa shape index (κ2) is 7.84. The molecule has 3 aromatic carbocycles. The van der Waals surface area contributed by atoms with Crippen LogP contribution in [0.5, 0.6) is 5.75 Å². The topological polar surface area (TPSA) is 38.3 Å². The molecular formula is C22H23NO2. The predicted molar refractivity (Wildman–Crippen MR) is 102 cm³/mol. The first-order valence-corrected chi connectivity index (χ1v) is 8.57. The number of carbonyl (C=O) groups is 1. The van der Waals surface area contributed by atoms with E-state index in [1.165, 1.54) is 5.56 Å². The van der Waals surface area contributed by atoms with Crippen molar-refractivity contribution in [2.45, 2.75) is 20.3 Å². The summed E-state index contributed by atoms with van der Waals surface area (Å²) in [5, 5.41) is 5.17. The summed E-state index contributed by atoms with van der Waals surface area (Å²) in [5.74, 6) is 0.872. The first kappa shape index (κ1) is 17.0. The molecule has 0 bridgehead atoms. The van der Waals surface area contributed by atoms with Crippen LogP contribution in [0.4, 0.5) is 0 Å². The monoisotopic (exact) mass is 333 g/mol. The zero-order valence-corrected chi connectivity index (χ0v) is 14.7. The molecule has 0 fully saturated rings. The third-order valence-electron chi connectivity index (χ3n) is 4.29. The fraction of sp³-hybridized carbons (Fsp3) is 0.227. The molecule has 128 valence electrons. The van der Waals surface area contributed by atoms with Crippen LogP contribution in [0, 0.1) is 13.8 Å². The van der Waals surface area contributed by atoms with E-state index in [-0.39, 0.29) is 5.91 Å². The minimum atomic E-state index is 0.0234. The Morgan fingerprint density at radius 3 is 2.68 bits per heavy atom. The van der Waals surface area contributed by atoms with Crippen LogP contribution in [0.15, 0.2) is 60.7 Å². The highest BCUT2D eigenvalue weighted by atomic mass is 16.5. The highest BCUT2D eigenvalue weighted by Crippen LogP contribution is 2.24. The molecule has 0 saturated carbocycles. The second-order valence-electron chi connectivity index (χ2n) is 6.28. The van der Waals surface area contributed by atoms with Crippen molar-refractivity contribution in [2.75, 3.05) is 13.2 Å². The number of carbonyl (C=O) groups excluding carboxylic acids is 1. The van der Waals surface area contributed by atoms with Crippen LogP contribution >= 0.6 is 0 Å². The Balaban J connectivity index is 1.51. The highest BCUT2D eigenvalue weighted by Gasteiger charge is 2.06. The summed E-state index contributed by atoms with van der Waals surface area (Å²) in [4.78, 5) is 12.1. The number of hydrogen-bond acceptors (Lipinski definition) is 2. The van der Waals surface area contributed by atoms with E-state index in [0.29, 0.717) is 19.6 Å². The van der Waals surface area contributed by atoms with Crippen molar-refractivity contribution in [3.63, 3.8) is 0 Å². The van der Waals surface area contributed by atoms with E-state index in [4.69, 9.17) is 4.74 Å². The summed E-state index contributed by atoms with van der Waals surface area (Å²) < 4.78 is 5.85. The largest absolute Gasteiger partial charge is 0.491 e. The Bertz CT molecular complexity index is 881. The van der Waals surface area contributed by atoms with Gasteiger partial charge in [0.1, 0.15) is 12.4 Å². The number of rotatable bonds is 6. The van der Waals surface area contributed by atoms with Gasteiger partial charge in [0.05, 0.1) is 13.0 Å². The van der Waals surface area contributed by atoms with E-state index in [9.17, 15) is 4.79 Å². The zero-order valence-electron chi connectivity index (χ0n) is 14.7. The summed E-state index contributed by atoms with van der Waals surface area (Å²) in [6, 6.07) is 20.3. The van der Waals surface area contributed by atoms with E-state index in [0.717, 1.165) is 27.6 Å². The maximum atomic E-state index is 12.1. The smallest absolute Gasteiger partial charge is 0.224 e. The number of benzene rings is 3. The average Bonchev–Trinajstić information content (AvgIpc) is 2.62. The summed E-state index contributed by atoms with van der Waals surface area (Å²) >= 11 is 0. The first-order valence-electron chi connectivity index (χ1n) is 8.57. The lowest BCUT2D eigenvalue weighted by molar-refractivity contribution is -0.120. The molecule has 1 N–H and O–H groups in total. The van der Waals surface area contributed by atoms with Gasteiger partial charge in [-0.15, -0.1) is 0 Å². The number of ether oxygens (including phenoxy) is 1. The number of amides is 1. The van der Waals surface area contributed by atoms with Gasteiger partial charge in [-0.05, 0) is 36.4 Å². The van der Waals surface area contributed by atoms with Crippen LogP contribution in [0.1, 0.15) is 16.7 Å². The van der Waals surface area contributed by atoms with Gasteiger partial charge in [0.2, 0.25) is 5.91 Å². The molecule has 0 aliphatic rings. The van der Waals surface area contributed by atoms with E-state index in [1.54, 1.807) is 0 Å². The lowest BCUT2D eigenvalue weighted by Crippen LogP contribution is -2.29. The second-order valence-corrected chi connectivity index (χ2v) is 6.28. The third kappa shape index (κ3) is 4.38. The van der Waals surface area contributed by atoms with Gasteiger partial charge >= 0.3 is 0 Å². The maximum absolute atomic E-state index is 12.1. The summed E-state index contributed by atoms with van der Waals surface area (Å²) in [5.41, 5.74) is 3.40. The molecular weight excluding hydrogens is 310 g/mol. The first-order chi connectivity index (χ1) is 12.1. The Kier molecular flexibility index (Phi) is 5.34. The van der Waals surface area contributed by atoms with Crippen LogP contribution in [0.3, 0.4) is 0 Å². The normalized spacial score (nSPS) is 10.6. The summed E-state index contributed by atoms with van der Waals surface area (Å²) in [7, 11) is 0. The van der Waals surface area contributed by atoms with Crippen LogP contribution in [-0.4, -0.2) is 19.1 Å². The van der Waals surface area contributed by atoms with E-state index < -0.39 is 0 Å². The quantitative estimate of drug-likeness (QED) is 0.687. The molecule has 0 heterocycles. The number of aryl methyl sites for hydroxylation is 2. The van der Waals surface area contributed by atoms with Crippen molar-refractivity contribution in [1.29, 1.82) is 0 Å². The van der Waals surface area contributed by atoms with Crippen molar-refractivity contribution in [3.05, 3.63) is 77.4 Å². The van der Waals surface area contributed by atoms with Crippen molar-refractivity contribution in [1.82, 2.24) is 5.32 Å². The van der Waals surface area contributed by atoms with Gasteiger partial charge in [-0.2, -0.15) is 0 Å². The Morgan fingerprint density at radius 2 is 1.80 bits per heavy atom. The van der Waals surface area contributed by atoms with Gasteiger partial charge in [-0.25, -0.2) is 0 Å². The molecule has 1 amide bonds. The van der Waals surface area contributed by atoms with Gasteiger partial charge < -0.3 is 10.1 Å². The Morgan fingerprint density at radius 1 is 1.00 bits per heavy atom. The van der Waals surface area contributed by atoms with Crippen molar-refractivity contribution in [3.8, 4) is 5.75 Å². The molecule has 3 heteroatoms. The molecule has 3 rings (SSSR count). The summed E-state index contributed by atoms with van der Waals surface area (Å²) in [6.45, 7) is 5.02. The van der Waals surface area contributed by atoms with Crippen LogP contribution in [0.2, 0.25) is 0 Å². The SMILES string of the molecule is Cc1ccc(C)c(CC(=O)NCCOc2cccc3ccccc23)c1. The molecule has 0 atom stereocenters. The Hall–Kier alpha value is -2.81. The predicted octanol–water partition coefficient (Wildman–Crippen LogP) is 4.19. The number of fused-ring (bicyclic) bond motifs is 1. The molecule has 0 radical (unpaired) electrons. The zero-order chi connectivity index (χ0) is 17.6. The van der Waals surface area contributed by atoms with Gasteiger partial charge in [-0.3, -0.25) is 4.79 Å². The molecule has 0 aliphatic carbocycles. The number of hydrogen-bond donors (Lipinski definition) is 1. The van der Waals surface area contributed by atoms with Gasteiger partial charge in [-0.1, -0.05) is 60.2 Å². The van der Waals surface area contributed by atoms with Gasteiger partial charge in [0.15, 0.2) is 0 Å². The van der Waals surface area contributed by atoms with E-state index >= 15 is 0 Å². The van der Waals surface area contributed by atoms with Gasteiger partial charge in [0.25, 0.3) is 0 Å². The van der Waals surface area contributed by atoms with Crippen LogP contribution in [0.25, 0.3) is 10.8 Å². The fourth-order valence-corrected chi connectivity index (χ4v) is 2.90. The maximum Gasteiger partial charge on any atom is 0.224 e. The molecule has 0 unspecified atom stereocenters. The molecule has 3 aromatic rings. The van der Waals surface area contributed by atoms with Crippen molar-refractivity contribution < 1.29 is 9.53 Å². The molecule has 0 aliphatic heterocycles. The van der Waals surface area contributed by atoms with Gasteiger partial charge in [0, 0.05) is 5.39 Å². The van der Waals surface area contributed by atoms with Crippen molar-refractivity contribution in [2.24, 2.45) is 0 Å². The van der Waals surface area contributed by atoms with Crippen molar-refractivity contribution >= 4 is 16.7 Å². The minimum Gasteiger partial charge on any atom is -0.491 e. The van der Waals surface area contributed by atoms with E-state index in [2.05, 4.69) is 35.6 Å². The van der Waals surface area contributed by atoms with E-state index in [1.807, 2.05) is 44.2 Å². The fourth-order valence-electron chi connectivity index (χ4n) is 2.90. The molecule has 3 nitrogen and oxygen atoms in total. The van der Waals surface area contributed by atoms with Crippen LogP contribution in [-0.2, 0) is 11.2 Å². The Labute approximate surface area is 148 Å². The molecule has 25 heavy (non-hydrogen) atoms.